The van der Waals surface area contributed by atoms with E-state index in [1.165, 1.54) is 12.3 Å². The fraction of sp³-hybridized carbons (Fsp3) is 0.233. The van der Waals surface area contributed by atoms with Crippen LogP contribution in [0, 0.1) is 5.95 Å². The molecular formula is C43H43ClFN7O4. The van der Waals surface area contributed by atoms with Crippen LogP contribution in [0.1, 0.15) is 52.7 Å². The van der Waals surface area contributed by atoms with E-state index in [0.29, 0.717) is 18.1 Å². The third-order valence-electron chi connectivity index (χ3n) is 8.22. The summed E-state index contributed by atoms with van der Waals surface area (Å²) < 4.78 is 27.5. The van der Waals surface area contributed by atoms with Gasteiger partial charge in [-0.1, -0.05) is 60.1 Å². The molecule has 0 unspecified atom stereocenters. The Morgan fingerprint density at radius 3 is 1.54 bits per heavy atom. The molecule has 2 aromatic carbocycles. The number of carbonyl (C=O) groups excluding carboxylic acids is 2. The molecule has 0 saturated carbocycles. The fourth-order valence-electron chi connectivity index (χ4n) is 5.65. The number of nitrogens with zero attached hydrogens (tertiary/aromatic N) is 5. The molecular weight excluding hydrogens is 733 g/mol. The van der Waals surface area contributed by atoms with E-state index in [-0.39, 0.29) is 0 Å². The minimum absolute atomic E-state index is 0.386. The van der Waals surface area contributed by atoms with Crippen molar-refractivity contribution in [2.75, 3.05) is 0 Å². The number of benzene rings is 2. The van der Waals surface area contributed by atoms with E-state index in [4.69, 9.17) is 21.1 Å². The number of nitrogens with one attached hydrogen (secondary N) is 2. The molecule has 7 rings (SSSR count). The van der Waals surface area contributed by atoms with E-state index >= 15 is 0 Å². The van der Waals surface area contributed by atoms with Crippen molar-refractivity contribution in [2.24, 2.45) is 0 Å². The predicted molar refractivity (Wildman–Crippen MR) is 216 cm³/mol. The Morgan fingerprint density at radius 2 is 1.07 bits per heavy atom. The van der Waals surface area contributed by atoms with Gasteiger partial charge < -0.3 is 20.1 Å². The Kier molecular flexibility index (Phi) is 11.7. The lowest BCUT2D eigenvalue weighted by atomic mass is 10.1. The van der Waals surface area contributed by atoms with E-state index in [0.717, 1.165) is 56.1 Å². The van der Waals surface area contributed by atoms with Crippen LogP contribution in [0.15, 0.2) is 116 Å². The molecule has 11 nitrogen and oxygen atoms in total. The van der Waals surface area contributed by atoms with Crippen LogP contribution in [0.5, 0.6) is 0 Å². The van der Waals surface area contributed by atoms with Crippen LogP contribution < -0.4 is 10.6 Å². The van der Waals surface area contributed by atoms with Gasteiger partial charge in [0.2, 0.25) is 5.95 Å². The van der Waals surface area contributed by atoms with Crippen molar-refractivity contribution in [3.8, 4) is 33.6 Å². The van der Waals surface area contributed by atoms with Crippen LogP contribution in [0.2, 0.25) is 5.02 Å². The third kappa shape index (κ3) is 10.5. The summed E-state index contributed by atoms with van der Waals surface area (Å²) in [5, 5.41) is 6.17. The van der Waals surface area contributed by atoms with Crippen LogP contribution in [-0.4, -0.2) is 47.1 Å². The van der Waals surface area contributed by atoms with Gasteiger partial charge >= 0.3 is 12.2 Å². The second-order valence-corrected chi connectivity index (χ2v) is 15.4. The van der Waals surface area contributed by atoms with Gasteiger partial charge in [-0.25, -0.2) is 24.5 Å². The molecule has 0 bridgehead atoms. The van der Waals surface area contributed by atoms with Gasteiger partial charge in [0.25, 0.3) is 0 Å². The van der Waals surface area contributed by atoms with Crippen LogP contribution in [0.3, 0.4) is 0 Å². The normalized spacial score (nSPS) is 11.5. The van der Waals surface area contributed by atoms with Crippen molar-refractivity contribution in [1.29, 1.82) is 0 Å². The number of hydrogen-bond donors (Lipinski definition) is 2. The number of ether oxygens (including phenoxy) is 2. The Hall–Kier alpha value is -6.27. The zero-order chi connectivity index (χ0) is 40.0. The maximum atomic E-state index is 13.1. The van der Waals surface area contributed by atoms with Crippen molar-refractivity contribution in [3.05, 3.63) is 138 Å². The van der Waals surface area contributed by atoms with Gasteiger partial charge in [0.05, 0.1) is 23.8 Å². The molecule has 0 fully saturated rings. The number of fused-ring (bicyclic) bond motifs is 2. The van der Waals surface area contributed by atoms with E-state index in [9.17, 15) is 14.0 Å². The summed E-state index contributed by atoms with van der Waals surface area (Å²) >= 11 is 6.00. The summed E-state index contributed by atoms with van der Waals surface area (Å²) in [4.78, 5) is 36.1. The second kappa shape index (κ2) is 16.6. The number of alkyl carbamates (subject to hydrolysis) is 2. The number of rotatable bonds is 7. The van der Waals surface area contributed by atoms with Crippen LogP contribution >= 0.6 is 11.6 Å². The van der Waals surface area contributed by atoms with Gasteiger partial charge in [0.1, 0.15) is 22.5 Å². The lowest BCUT2D eigenvalue weighted by molar-refractivity contribution is 0.0512. The van der Waals surface area contributed by atoms with Gasteiger partial charge in [-0.3, -0.25) is 8.80 Å². The van der Waals surface area contributed by atoms with Crippen LogP contribution in [0.25, 0.3) is 44.9 Å². The molecule has 0 atom stereocenters. The van der Waals surface area contributed by atoms with E-state index in [2.05, 4.69) is 25.6 Å². The number of imidazole rings is 2. The van der Waals surface area contributed by atoms with Gasteiger partial charge in [-0.05, 0) is 88.6 Å². The Balaban J connectivity index is 0.000000194. The smallest absolute Gasteiger partial charge is 0.407 e. The average Bonchev–Trinajstić information content (AvgIpc) is 3.77. The molecule has 0 aliphatic carbocycles. The van der Waals surface area contributed by atoms with Gasteiger partial charge in [0, 0.05) is 59.5 Å². The Morgan fingerprint density at radius 1 is 0.607 bits per heavy atom. The minimum Gasteiger partial charge on any atom is -0.444 e. The number of pyridine rings is 3. The monoisotopic (exact) mass is 775 g/mol. The number of carbonyl (C=O) groups is 2. The van der Waals surface area contributed by atoms with Gasteiger partial charge in [-0.15, -0.1) is 0 Å². The number of hydrogen-bond acceptors (Lipinski definition) is 7. The van der Waals surface area contributed by atoms with Crippen molar-refractivity contribution in [1.82, 2.24) is 34.4 Å². The molecule has 0 aliphatic heterocycles. The van der Waals surface area contributed by atoms with Crippen LogP contribution in [-0.2, 0) is 22.6 Å². The summed E-state index contributed by atoms with van der Waals surface area (Å²) in [5.41, 5.74) is 8.25. The SMILES string of the molecule is CC(C)(C)OC(=O)NCc1ccc(-c2cnc3cc(-c4ccc(F)nc4)ccn23)cc1.CC(C)(C)OC(=O)NCc1ccc(-c2cnc3cc(Cl)ccn23)cc1. The highest BCUT2D eigenvalue weighted by molar-refractivity contribution is 6.30. The summed E-state index contributed by atoms with van der Waals surface area (Å²) in [6.07, 6.45) is 8.12. The first-order valence-corrected chi connectivity index (χ1v) is 18.3. The fourth-order valence-corrected chi connectivity index (χ4v) is 5.81. The Bertz CT molecular complexity index is 2450. The second-order valence-electron chi connectivity index (χ2n) is 15.0. The summed E-state index contributed by atoms with van der Waals surface area (Å²) in [5.74, 6) is -0.502. The van der Waals surface area contributed by atoms with Crippen molar-refractivity contribution < 1.29 is 23.5 Å². The summed E-state index contributed by atoms with van der Waals surface area (Å²) in [6, 6.07) is 26.5. The van der Waals surface area contributed by atoms with Crippen LogP contribution in [0.4, 0.5) is 14.0 Å². The molecule has 2 N–H and O–H groups in total. The molecule has 0 aliphatic rings. The lowest BCUT2D eigenvalue weighted by Gasteiger charge is -2.19. The lowest BCUT2D eigenvalue weighted by Crippen LogP contribution is -2.32. The zero-order valence-corrected chi connectivity index (χ0v) is 32.8. The molecule has 288 valence electrons. The maximum Gasteiger partial charge on any atom is 0.407 e. The molecule has 5 heterocycles. The molecule has 56 heavy (non-hydrogen) atoms. The Labute approximate surface area is 329 Å². The molecule has 2 amide bonds. The van der Waals surface area contributed by atoms with Crippen molar-refractivity contribution in [3.63, 3.8) is 0 Å². The molecule has 0 saturated heterocycles. The molecule has 13 heteroatoms. The summed E-state index contributed by atoms with van der Waals surface area (Å²) in [6.45, 7) is 11.8. The number of amides is 2. The largest absolute Gasteiger partial charge is 0.444 e. The molecule has 0 spiro atoms. The highest BCUT2D eigenvalue weighted by atomic mass is 35.5. The van der Waals surface area contributed by atoms with Crippen molar-refractivity contribution in [2.45, 2.75) is 65.8 Å². The van der Waals surface area contributed by atoms with Crippen molar-refractivity contribution >= 4 is 35.1 Å². The molecule has 5 aromatic heterocycles. The van der Waals surface area contributed by atoms with E-state index < -0.39 is 29.3 Å². The maximum absolute atomic E-state index is 13.1. The van der Waals surface area contributed by atoms with E-state index in [1.807, 2.05) is 148 Å². The number of halogens is 2. The third-order valence-corrected chi connectivity index (χ3v) is 8.46. The first-order valence-electron chi connectivity index (χ1n) is 17.9. The predicted octanol–water partition coefficient (Wildman–Crippen LogP) is 9.91. The molecule has 7 aromatic rings. The van der Waals surface area contributed by atoms with Gasteiger partial charge in [0.15, 0.2) is 0 Å². The highest BCUT2D eigenvalue weighted by Gasteiger charge is 2.17. The molecule has 0 radical (unpaired) electrons. The quantitative estimate of drug-likeness (QED) is 0.155. The first kappa shape index (κ1) is 39.4. The van der Waals surface area contributed by atoms with E-state index in [1.54, 1.807) is 6.07 Å². The zero-order valence-electron chi connectivity index (χ0n) is 32.0. The standard InChI is InChI=1S/C24H23FN4O2.C19H20ClN3O2/c1-24(2,3)31-23(30)28-13-16-4-6-17(7-5-16)20-15-27-22-12-18(10-11-29(20)22)19-8-9-21(25)26-14-19;1-19(2,3)25-18(24)22-11-13-4-6-14(7-5-13)16-12-21-17-10-15(20)8-9-23(16)17/h4-12,14-15H,13H2,1-3H3,(H,28,30);4-10,12H,11H2,1-3H3,(H,22,24). The highest BCUT2D eigenvalue weighted by Crippen LogP contribution is 2.26. The average molecular weight is 776 g/mol. The first-order chi connectivity index (χ1) is 26.6. The summed E-state index contributed by atoms with van der Waals surface area (Å²) in [7, 11) is 0. The number of aromatic nitrogens is 5. The topological polar surface area (TPSA) is 124 Å². The minimum atomic E-state index is -0.524. The van der Waals surface area contributed by atoms with Gasteiger partial charge in [-0.2, -0.15) is 4.39 Å².